The Hall–Kier alpha value is -4.84. The lowest BCUT2D eigenvalue weighted by Crippen LogP contribution is -2.46. The number of ether oxygens (including phenoxy) is 1. The molecule has 0 spiro atoms. The Morgan fingerprint density at radius 1 is 1.02 bits per heavy atom. The average molecular weight is 592 g/mol. The van der Waals surface area contributed by atoms with Crippen LogP contribution in [0, 0.1) is 0 Å². The minimum atomic E-state index is -1.12. The van der Waals surface area contributed by atoms with Crippen molar-refractivity contribution in [2.24, 2.45) is 0 Å². The molecule has 3 aromatic carbocycles. The largest absolute Gasteiger partial charge is 0.394 e. The molecule has 0 aliphatic carbocycles. The summed E-state index contributed by atoms with van der Waals surface area (Å²) in [6.07, 6.45) is 3.82. The average Bonchev–Trinajstić information content (AvgIpc) is 3.76. The maximum atomic E-state index is 13.1. The predicted molar refractivity (Wildman–Crippen MR) is 167 cm³/mol. The van der Waals surface area contributed by atoms with Crippen LogP contribution in [0.4, 0.5) is 5.82 Å². The predicted octanol–water partition coefficient (Wildman–Crippen LogP) is 3.83. The minimum absolute atomic E-state index is 0.210. The van der Waals surface area contributed by atoms with Gasteiger partial charge in [-0.2, -0.15) is 0 Å². The molecule has 1 fully saturated rings. The number of amides is 1. The van der Waals surface area contributed by atoms with E-state index in [0.717, 1.165) is 33.8 Å². The highest BCUT2D eigenvalue weighted by atomic mass is 16.5. The van der Waals surface area contributed by atoms with E-state index >= 15 is 0 Å². The maximum Gasteiger partial charge on any atom is 0.220 e. The lowest BCUT2D eigenvalue weighted by atomic mass is 10.1. The van der Waals surface area contributed by atoms with Gasteiger partial charge in [-0.3, -0.25) is 9.36 Å². The van der Waals surface area contributed by atoms with Crippen LogP contribution >= 0.6 is 0 Å². The van der Waals surface area contributed by atoms with Gasteiger partial charge in [0.25, 0.3) is 0 Å². The van der Waals surface area contributed by atoms with Gasteiger partial charge in [-0.25, -0.2) is 15.0 Å². The van der Waals surface area contributed by atoms with Crippen LogP contribution in [0.1, 0.15) is 30.2 Å². The third-order valence-corrected chi connectivity index (χ3v) is 8.31. The van der Waals surface area contributed by atoms with Gasteiger partial charge in [-0.05, 0) is 46.9 Å². The number of benzene rings is 3. The molecule has 11 nitrogen and oxygen atoms in total. The minimum Gasteiger partial charge on any atom is -0.394 e. The number of rotatable bonds is 10. The van der Waals surface area contributed by atoms with Gasteiger partial charge in [-0.1, -0.05) is 54.6 Å². The summed E-state index contributed by atoms with van der Waals surface area (Å²) in [6.45, 7) is 0.136. The second-order valence-corrected chi connectivity index (χ2v) is 11.1. The summed E-state index contributed by atoms with van der Waals surface area (Å²) in [5.41, 5.74) is 4.33. The highest BCUT2D eigenvalue weighted by Crippen LogP contribution is 2.32. The Morgan fingerprint density at radius 3 is 2.75 bits per heavy atom. The summed E-state index contributed by atoms with van der Waals surface area (Å²) < 4.78 is 7.71. The van der Waals surface area contributed by atoms with Crippen molar-refractivity contribution in [1.82, 2.24) is 29.8 Å². The number of carbonyl (C=O) groups is 1. The first-order valence-corrected chi connectivity index (χ1v) is 14.8. The number of aryl methyl sites for hydroxylation is 1. The van der Waals surface area contributed by atoms with Crippen LogP contribution in [0.25, 0.3) is 32.8 Å². The first kappa shape index (κ1) is 28.0. The van der Waals surface area contributed by atoms with E-state index < -0.39 is 31.1 Å². The molecule has 224 valence electrons. The van der Waals surface area contributed by atoms with E-state index in [1.165, 1.54) is 11.7 Å². The number of hydrogen-bond donors (Lipinski definition) is 5. The number of carbonyl (C=O) groups excluding carboxylic acids is 1. The molecule has 44 heavy (non-hydrogen) atoms. The number of fused-ring (bicyclic) bond motifs is 3. The van der Waals surface area contributed by atoms with Gasteiger partial charge in [0.05, 0.1) is 12.9 Å². The van der Waals surface area contributed by atoms with E-state index in [2.05, 4.69) is 67.0 Å². The molecule has 0 unspecified atom stereocenters. The number of aromatic amines is 1. The molecule has 1 aliphatic heterocycles. The lowest BCUT2D eigenvalue weighted by molar-refractivity contribution is -0.123. The van der Waals surface area contributed by atoms with E-state index in [1.807, 2.05) is 36.5 Å². The number of anilines is 1. The van der Waals surface area contributed by atoms with Crippen LogP contribution in [0.15, 0.2) is 85.6 Å². The molecule has 0 saturated carbocycles. The zero-order valence-corrected chi connectivity index (χ0v) is 23.9. The molecule has 1 saturated heterocycles. The van der Waals surface area contributed by atoms with Crippen LogP contribution < -0.4 is 10.6 Å². The fourth-order valence-corrected chi connectivity index (χ4v) is 6.03. The molecule has 0 radical (unpaired) electrons. The van der Waals surface area contributed by atoms with Crippen molar-refractivity contribution in [2.75, 3.05) is 11.9 Å². The topological polar surface area (TPSA) is 150 Å². The molecule has 1 amide bonds. The summed E-state index contributed by atoms with van der Waals surface area (Å²) in [5, 5.41) is 30.7. The lowest BCUT2D eigenvalue weighted by Gasteiger charge is -2.23. The van der Waals surface area contributed by atoms with Gasteiger partial charge in [-0.15, -0.1) is 0 Å². The molecule has 6 aromatic rings. The van der Waals surface area contributed by atoms with Gasteiger partial charge < -0.3 is 30.6 Å². The molecule has 3 aromatic heterocycles. The molecule has 1 aliphatic rings. The van der Waals surface area contributed by atoms with Gasteiger partial charge in [0.15, 0.2) is 23.2 Å². The van der Waals surface area contributed by atoms with Crippen LogP contribution in [0.5, 0.6) is 0 Å². The van der Waals surface area contributed by atoms with Crippen molar-refractivity contribution < 1.29 is 19.7 Å². The van der Waals surface area contributed by atoms with Crippen LogP contribution in [-0.4, -0.2) is 65.5 Å². The van der Waals surface area contributed by atoms with Crippen molar-refractivity contribution in [3.05, 3.63) is 96.7 Å². The van der Waals surface area contributed by atoms with Crippen LogP contribution in [-0.2, 0) is 22.5 Å². The summed E-state index contributed by atoms with van der Waals surface area (Å²) in [6, 6.07) is 21.8. The third kappa shape index (κ3) is 5.37. The number of aliphatic hydroxyl groups is 2. The monoisotopic (exact) mass is 591 g/mol. The van der Waals surface area contributed by atoms with E-state index in [9.17, 15) is 15.0 Å². The van der Waals surface area contributed by atoms with Gasteiger partial charge >= 0.3 is 0 Å². The SMILES string of the molecule is O=C(CCCc1c[nH]c2ccccc12)N[C@@H]1[C@H](O)[C@@H](CO)O[C@H]1n1cnc2c(NCc3ccc4ccccc4c3)ncnc21. The molecule has 4 atom stereocenters. The van der Waals surface area contributed by atoms with E-state index in [4.69, 9.17) is 4.74 Å². The highest BCUT2D eigenvalue weighted by molar-refractivity contribution is 5.85. The first-order valence-electron chi connectivity index (χ1n) is 14.8. The van der Waals surface area contributed by atoms with E-state index in [-0.39, 0.29) is 12.3 Å². The molecular weight excluding hydrogens is 558 g/mol. The number of para-hydroxylation sites is 1. The van der Waals surface area contributed by atoms with Crippen molar-refractivity contribution in [3.8, 4) is 0 Å². The molecule has 4 heterocycles. The zero-order valence-electron chi connectivity index (χ0n) is 23.9. The zero-order chi connectivity index (χ0) is 30.0. The number of hydrogen-bond acceptors (Lipinski definition) is 8. The van der Waals surface area contributed by atoms with E-state index in [0.29, 0.717) is 29.9 Å². The van der Waals surface area contributed by atoms with Crippen molar-refractivity contribution in [2.45, 2.75) is 50.3 Å². The number of nitrogens with zero attached hydrogens (tertiary/aromatic N) is 4. The molecule has 0 bridgehead atoms. The second kappa shape index (κ2) is 12.0. The van der Waals surface area contributed by atoms with Crippen molar-refractivity contribution >= 4 is 44.6 Å². The van der Waals surface area contributed by atoms with Gasteiger partial charge in [0.1, 0.15) is 24.6 Å². The summed E-state index contributed by atoms with van der Waals surface area (Å²) in [5.74, 6) is 0.342. The summed E-state index contributed by atoms with van der Waals surface area (Å²) >= 11 is 0. The number of imidazole rings is 1. The van der Waals surface area contributed by atoms with Crippen LogP contribution in [0.2, 0.25) is 0 Å². The third-order valence-electron chi connectivity index (χ3n) is 8.31. The summed E-state index contributed by atoms with van der Waals surface area (Å²) in [7, 11) is 0. The van der Waals surface area contributed by atoms with Gasteiger partial charge in [0, 0.05) is 30.1 Å². The van der Waals surface area contributed by atoms with Crippen molar-refractivity contribution in [3.63, 3.8) is 0 Å². The van der Waals surface area contributed by atoms with E-state index in [1.54, 1.807) is 10.9 Å². The second-order valence-electron chi connectivity index (χ2n) is 11.1. The quantitative estimate of drug-likeness (QED) is 0.161. The molecule has 7 rings (SSSR count). The molecule has 11 heteroatoms. The first-order chi connectivity index (χ1) is 21.6. The highest BCUT2D eigenvalue weighted by Gasteiger charge is 2.45. The Bertz CT molecular complexity index is 1940. The Morgan fingerprint density at radius 2 is 1.86 bits per heavy atom. The number of nitrogens with one attached hydrogen (secondary N) is 3. The van der Waals surface area contributed by atoms with Crippen molar-refractivity contribution in [1.29, 1.82) is 0 Å². The molecular formula is C33H33N7O4. The Balaban J connectivity index is 1.05. The fraction of sp³-hybridized carbons (Fsp3) is 0.273. The smallest absolute Gasteiger partial charge is 0.220 e. The number of aromatic nitrogens is 5. The van der Waals surface area contributed by atoms with Crippen LogP contribution in [0.3, 0.4) is 0 Å². The summed E-state index contributed by atoms with van der Waals surface area (Å²) in [4.78, 5) is 29.7. The molecule has 5 N–H and O–H groups in total. The Labute approximate surface area is 252 Å². The standard InChI is InChI=1S/C33H33N7O4/c41-17-26-30(43)28(39-27(42)11-5-8-23-16-34-25-10-4-3-9-24(23)25)33(44-26)40-19-38-29-31(36-18-37-32(29)40)35-15-20-12-13-21-6-1-2-7-22(21)14-20/h1-4,6-7,9-10,12-14,16,18-19,26,28,30,33-34,41,43H,5,8,11,15,17H2,(H,39,42)(H,35,36,37)/t26-,28-,30-,33-/m1/s1. The maximum absolute atomic E-state index is 13.1. The number of aliphatic hydroxyl groups excluding tert-OH is 2. The fourth-order valence-electron chi connectivity index (χ4n) is 6.03. The number of H-pyrrole nitrogens is 1. The normalized spacial score (nSPS) is 20.0. The van der Waals surface area contributed by atoms with Gasteiger partial charge in [0.2, 0.25) is 5.91 Å². The Kier molecular flexibility index (Phi) is 7.65.